The number of rotatable bonds is 5. The summed E-state index contributed by atoms with van der Waals surface area (Å²) in [6, 6.07) is 3.96. The summed E-state index contributed by atoms with van der Waals surface area (Å²) in [5, 5.41) is 0. The van der Waals surface area contributed by atoms with Crippen LogP contribution >= 0.6 is 11.3 Å². The first kappa shape index (κ1) is 16.9. The lowest BCUT2D eigenvalue weighted by atomic mass is 10.3. The lowest BCUT2D eigenvalue weighted by Crippen LogP contribution is -2.52. The molecule has 2 heterocycles. The highest BCUT2D eigenvalue weighted by Crippen LogP contribution is 2.23. The summed E-state index contributed by atoms with van der Waals surface area (Å²) < 4.78 is 34.3. The quantitative estimate of drug-likeness (QED) is 0.831. The Morgan fingerprint density at radius 1 is 1.48 bits per heavy atom. The van der Waals surface area contributed by atoms with Crippen molar-refractivity contribution < 1.29 is 13.2 Å². The minimum atomic E-state index is -3.45. The van der Waals surface area contributed by atoms with Crippen LogP contribution in [0.2, 0.25) is 0 Å². The van der Waals surface area contributed by atoms with E-state index in [9.17, 15) is 8.42 Å². The van der Waals surface area contributed by atoms with Gasteiger partial charge in [0.05, 0.1) is 12.7 Å². The third-order valence-corrected chi connectivity index (χ3v) is 6.62. The van der Waals surface area contributed by atoms with Gasteiger partial charge in [-0.1, -0.05) is 0 Å². The first-order valence-electron chi connectivity index (χ1n) is 7.24. The number of hydrogen-bond donors (Lipinski definition) is 0. The minimum absolute atomic E-state index is 0.0495. The van der Waals surface area contributed by atoms with E-state index in [1.165, 1.54) is 4.88 Å². The van der Waals surface area contributed by atoms with Crippen LogP contribution in [0.25, 0.3) is 0 Å². The predicted octanol–water partition coefficient (Wildman–Crippen LogP) is 2.23. The average molecular weight is 332 g/mol. The van der Waals surface area contributed by atoms with Gasteiger partial charge < -0.3 is 4.74 Å². The molecule has 0 radical (unpaired) electrons. The van der Waals surface area contributed by atoms with Gasteiger partial charge in [-0.2, -0.15) is 17.0 Å². The maximum absolute atomic E-state index is 12.9. The fourth-order valence-electron chi connectivity index (χ4n) is 2.40. The molecule has 120 valence electrons. The van der Waals surface area contributed by atoms with Crippen molar-refractivity contribution in [3.05, 3.63) is 21.9 Å². The molecule has 1 aliphatic rings. The number of morpholine rings is 1. The summed E-state index contributed by atoms with van der Waals surface area (Å²) in [6.45, 7) is 9.53. The molecule has 0 saturated carbocycles. The fourth-order valence-corrected chi connectivity index (χ4v) is 5.20. The fraction of sp³-hybridized carbons (Fsp3) is 0.714. The summed E-state index contributed by atoms with van der Waals surface area (Å²) in [7, 11) is -3.45. The van der Waals surface area contributed by atoms with Gasteiger partial charge in [-0.3, -0.25) is 0 Å². The van der Waals surface area contributed by atoms with Gasteiger partial charge in [-0.05, 0) is 39.8 Å². The normalized spacial score (nSPS) is 21.3. The zero-order chi connectivity index (χ0) is 15.6. The van der Waals surface area contributed by atoms with Gasteiger partial charge in [0.1, 0.15) is 0 Å². The topological polar surface area (TPSA) is 49.9 Å². The van der Waals surface area contributed by atoms with Crippen LogP contribution in [0.1, 0.15) is 30.5 Å². The van der Waals surface area contributed by atoms with E-state index >= 15 is 0 Å². The Balaban J connectivity index is 2.19. The van der Waals surface area contributed by atoms with Crippen molar-refractivity contribution in [1.82, 2.24) is 8.61 Å². The molecule has 1 saturated heterocycles. The maximum Gasteiger partial charge on any atom is 0.282 e. The van der Waals surface area contributed by atoms with Gasteiger partial charge in [0, 0.05) is 35.4 Å². The van der Waals surface area contributed by atoms with E-state index in [1.54, 1.807) is 19.9 Å². The highest BCUT2D eigenvalue weighted by Gasteiger charge is 2.34. The Morgan fingerprint density at radius 2 is 2.19 bits per heavy atom. The molecule has 0 spiro atoms. The van der Waals surface area contributed by atoms with E-state index in [0.717, 1.165) is 4.88 Å². The van der Waals surface area contributed by atoms with Gasteiger partial charge in [0.2, 0.25) is 0 Å². The van der Waals surface area contributed by atoms with Crippen LogP contribution in [0.15, 0.2) is 12.1 Å². The third kappa shape index (κ3) is 4.04. The van der Waals surface area contributed by atoms with E-state index in [-0.39, 0.29) is 12.1 Å². The molecule has 1 aromatic heterocycles. The van der Waals surface area contributed by atoms with E-state index < -0.39 is 10.2 Å². The molecule has 0 amide bonds. The number of aryl methyl sites for hydroxylation is 1. The molecule has 21 heavy (non-hydrogen) atoms. The number of hydrogen-bond acceptors (Lipinski definition) is 4. The Bertz CT molecular complexity index is 569. The van der Waals surface area contributed by atoms with Gasteiger partial charge in [-0.15, -0.1) is 11.3 Å². The average Bonchev–Trinajstić information content (AvgIpc) is 2.81. The molecule has 0 aromatic carbocycles. The molecular weight excluding hydrogens is 308 g/mol. The van der Waals surface area contributed by atoms with Crippen molar-refractivity contribution in [2.45, 2.75) is 46.4 Å². The number of nitrogens with zero attached hydrogens (tertiary/aromatic N) is 2. The number of thiophene rings is 1. The van der Waals surface area contributed by atoms with Crippen LogP contribution in [0, 0.1) is 6.92 Å². The second-order valence-electron chi connectivity index (χ2n) is 5.70. The van der Waals surface area contributed by atoms with Crippen molar-refractivity contribution in [2.75, 3.05) is 19.7 Å². The molecule has 1 atom stereocenters. The molecule has 0 aliphatic carbocycles. The Kier molecular flexibility index (Phi) is 5.43. The highest BCUT2D eigenvalue weighted by molar-refractivity contribution is 7.86. The molecule has 5 nitrogen and oxygen atoms in total. The zero-order valence-electron chi connectivity index (χ0n) is 13.1. The Hall–Kier alpha value is -0.470. The second kappa shape index (κ2) is 6.75. The summed E-state index contributed by atoms with van der Waals surface area (Å²) in [5.74, 6) is 0. The van der Waals surface area contributed by atoms with E-state index in [0.29, 0.717) is 26.2 Å². The van der Waals surface area contributed by atoms with Crippen molar-refractivity contribution >= 4 is 21.5 Å². The van der Waals surface area contributed by atoms with E-state index in [2.05, 4.69) is 0 Å². The summed E-state index contributed by atoms with van der Waals surface area (Å²) in [5.41, 5.74) is 0. The standard InChI is InChI=1S/C14H24N2O3S2/c1-11(2)16(10-14-6-5-13(4)20-14)21(17,18)15-7-8-19-12(3)9-15/h5-6,11-12H,7-10H2,1-4H3. The summed E-state index contributed by atoms with van der Waals surface area (Å²) in [4.78, 5) is 2.28. The second-order valence-corrected chi connectivity index (χ2v) is 8.95. The van der Waals surface area contributed by atoms with Crippen LogP contribution in [-0.2, 0) is 21.5 Å². The van der Waals surface area contributed by atoms with Crippen LogP contribution in [-0.4, -0.2) is 48.9 Å². The van der Waals surface area contributed by atoms with Crippen LogP contribution in [0.4, 0.5) is 0 Å². The first-order valence-corrected chi connectivity index (χ1v) is 9.46. The molecule has 7 heteroatoms. The Morgan fingerprint density at radius 3 is 2.71 bits per heavy atom. The monoisotopic (exact) mass is 332 g/mol. The van der Waals surface area contributed by atoms with E-state index in [1.807, 2.05) is 39.8 Å². The highest BCUT2D eigenvalue weighted by atomic mass is 32.2. The van der Waals surface area contributed by atoms with Crippen LogP contribution < -0.4 is 0 Å². The molecule has 1 aromatic rings. The molecule has 0 bridgehead atoms. The van der Waals surface area contributed by atoms with E-state index in [4.69, 9.17) is 4.74 Å². The summed E-state index contributed by atoms with van der Waals surface area (Å²) >= 11 is 1.65. The van der Waals surface area contributed by atoms with Crippen molar-refractivity contribution in [2.24, 2.45) is 0 Å². The smallest absolute Gasteiger partial charge is 0.282 e. The third-order valence-electron chi connectivity index (χ3n) is 3.51. The lowest BCUT2D eigenvalue weighted by Gasteiger charge is -2.36. The summed E-state index contributed by atoms with van der Waals surface area (Å²) in [6.07, 6.45) is -0.0495. The molecule has 2 rings (SSSR count). The first-order chi connectivity index (χ1) is 9.80. The molecule has 1 fully saturated rings. The SMILES string of the molecule is Cc1ccc(CN(C(C)C)S(=O)(=O)N2CCOC(C)C2)s1. The largest absolute Gasteiger partial charge is 0.376 e. The molecule has 1 aliphatic heterocycles. The van der Waals surface area contributed by atoms with Crippen molar-refractivity contribution in [3.63, 3.8) is 0 Å². The molecular formula is C14H24N2O3S2. The zero-order valence-corrected chi connectivity index (χ0v) is 14.7. The van der Waals surface area contributed by atoms with Crippen LogP contribution in [0.5, 0.6) is 0 Å². The van der Waals surface area contributed by atoms with Crippen molar-refractivity contribution in [1.29, 1.82) is 0 Å². The molecule has 1 unspecified atom stereocenters. The van der Waals surface area contributed by atoms with Gasteiger partial charge in [-0.25, -0.2) is 0 Å². The lowest BCUT2D eigenvalue weighted by molar-refractivity contribution is 0.00780. The maximum atomic E-state index is 12.9. The molecule has 0 N–H and O–H groups in total. The number of ether oxygens (including phenoxy) is 1. The Labute approximate surface area is 131 Å². The minimum Gasteiger partial charge on any atom is -0.376 e. The van der Waals surface area contributed by atoms with Crippen LogP contribution in [0.3, 0.4) is 0 Å². The predicted molar refractivity (Wildman–Crippen MR) is 85.6 cm³/mol. The van der Waals surface area contributed by atoms with Crippen molar-refractivity contribution in [3.8, 4) is 0 Å². The van der Waals surface area contributed by atoms with Gasteiger partial charge in [0.15, 0.2) is 0 Å². The van der Waals surface area contributed by atoms with Gasteiger partial charge >= 0.3 is 0 Å². The van der Waals surface area contributed by atoms with Gasteiger partial charge in [0.25, 0.3) is 10.2 Å².